The second-order valence-corrected chi connectivity index (χ2v) is 5.01. The summed E-state index contributed by atoms with van der Waals surface area (Å²) in [4.78, 5) is 16.1. The molecule has 1 aromatic heterocycles. The van der Waals surface area contributed by atoms with E-state index < -0.39 is 0 Å². The molecular formula is C12H10BrClN4O. The fraction of sp³-hybridized carbons (Fsp3) is 0. The van der Waals surface area contributed by atoms with Gasteiger partial charge in [-0.25, -0.2) is 10.8 Å². The van der Waals surface area contributed by atoms with Crippen molar-refractivity contribution in [3.63, 3.8) is 0 Å². The third-order valence-corrected chi connectivity index (χ3v) is 3.02. The molecule has 4 N–H and O–H groups in total. The van der Waals surface area contributed by atoms with Crippen LogP contribution in [0.15, 0.2) is 41.0 Å². The summed E-state index contributed by atoms with van der Waals surface area (Å²) in [6.45, 7) is 0. The van der Waals surface area contributed by atoms with Crippen LogP contribution in [-0.2, 0) is 0 Å². The Kier molecular flexibility index (Phi) is 4.36. The molecule has 98 valence electrons. The standard InChI is InChI=1S/C12H10BrClN4O/c13-7-5-10(11(18-15)16-6-7)12(19)17-9-3-1-8(14)2-4-9/h1-6H,15H2,(H,16,18)(H,17,19). The Morgan fingerprint density at radius 2 is 2.00 bits per heavy atom. The summed E-state index contributed by atoms with van der Waals surface area (Å²) >= 11 is 9.04. The van der Waals surface area contributed by atoms with Crippen molar-refractivity contribution in [1.29, 1.82) is 0 Å². The Morgan fingerprint density at radius 3 is 2.63 bits per heavy atom. The van der Waals surface area contributed by atoms with E-state index in [1.165, 1.54) is 0 Å². The first-order chi connectivity index (χ1) is 9.10. The second-order valence-electron chi connectivity index (χ2n) is 3.66. The average molecular weight is 342 g/mol. The zero-order chi connectivity index (χ0) is 13.8. The third kappa shape index (κ3) is 3.44. The van der Waals surface area contributed by atoms with Gasteiger partial charge in [-0.05, 0) is 46.3 Å². The fourth-order valence-corrected chi connectivity index (χ4v) is 1.92. The number of rotatable bonds is 3. The van der Waals surface area contributed by atoms with Gasteiger partial charge in [-0.1, -0.05) is 11.6 Å². The molecule has 0 spiro atoms. The Hall–Kier alpha value is -1.63. The van der Waals surface area contributed by atoms with E-state index in [4.69, 9.17) is 17.4 Å². The smallest absolute Gasteiger partial charge is 0.259 e. The number of nitrogens with one attached hydrogen (secondary N) is 2. The summed E-state index contributed by atoms with van der Waals surface area (Å²) in [5.74, 6) is 5.31. The van der Waals surface area contributed by atoms with Gasteiger partial charge in [0.2, 0.25) is 0 Å². The number of aromatic nitrogens is 1. The third-order valence-electron chi connectivity index (χ3n) is 2.34. The van der Waals surface area contributed by atoms with Crippen molar-refractivity contribution in [1.82, 2.24) is 4.98 Å². The molecule has 0 unspecified atom stereocenters. The maximum absolute atomic E-state index is 12.1. The summed E-state index contributed by atoms with van der Waals surface area (Å²) in [7, 11) is 0. The van der Waals surface area contributed by atoms with E-state index in [9.17, 15) is 4.79 Å². The van der Waals surface area contributed by atoms with Gasteiger partial charge in [0.25, 0.3) is 5.91 Å². The number of nitrogens with zero attached hydrogens (tertiary/aromatic N) is 1. The van der Waals surface area contributed by atoms with Gasteiger partial charge >= 0.3 is 0 Å². The molecule has 0 bridgehead atoms. The van der Waals surface area contributed by atoms with Gasteiger partial charge in [0.05, 0.1) is 5.56 Å². The van der Waals surface area contributed by atoms with Gasteiger partial charge in [0.15, 0.2) is 5.82 Å². The molecule has 2 rings (SSSR count). The highest BCUT2D eigenvalue weighted by molar-refractivity contribution is 9.10. The Labute approximate surface area is 123 Å². The molecular weight excluding hydrogens is 332 g/mol. The highest BCUT2D eigenvalue weighted by Gasteiger charge is 2.13. The lowest BCUT2D eigenvalue weighted by molar-refractivity contribution is 0.102. The summed E-state index contributed by atoms with van der Waals surface area (Å²) in [5.41, 5.74) is 3.36. The monoisotopic (exact) mass is 340 g/mol. The number of nitrogens with two attached hydrogens (primary N) is 1. The number of nitrogen functional groups attached to an aromatic ring is 1. The van der Waals surface area contributed by atoms with Crippen molar-refractivity contribution < 1.29 is 4.79 Å². The minimum Gasteiger partial charge on any atom is -0.322 e. The molecule has 0 aliphatic heterocycles. The van der Waals surface area contributed by atoms with Gasteiger partial charge in [0.1, 0.15) is 0 Å². The minimum absolute atomic E-state index is 0.301. The quantitative estimate of drug-likeness (QED) is 0.592. The minimum atomic E-state index is -0.316. The summed E-state index contributed by atoms with van der Waals surface area (Å²) in [6, 6.07) is 8.44. The topological polar surface area (TPSA) is 80.0 Å². The lowest BCUT2D eigenvalue weighted by atomic mass is 10.2. The molecule has 19 heavy (non-hydrogen) atoms. The summed E-state index contributed by atoms with van der Waals surface area (Å²) in [5, 5.41) is 3.34. The number of carbonyl (C=O) groups excluding carboxylic acids is 1. The van der Waals surface area contributed by atoms with Crippen LogP contribution in [0.1, 0.15) is 10.4 Å². The molecule has 0 saturated heterocycles. The van der Waals surface area contributed by atoms with Crippen molar-refractivity contribution in [2.45, 2.75) is 0 Å². The lowest BCUT2D eigenvalue weighted by Crippen LogP contribution is -2.18. The van der Waals surface area contributed by atoms with E-state index in [-0.39, 0.29) is 5.91 Å². The van der Waals surface area contributed by atoms with Gasteiger partial charge in [-0.3, -0.25) is 4.79 Å². The van der Waals surface area contributed by atoms with Gasteiger partial charge in [-0.2, -0.15) is 0 Å². The van der Waals surface area contributed by atoms with E-state index >= 15 is 0 Å². The Balaban J connectivity index is 2.24. The van der Waals surface area contributed by atoms with Crippen LogP contribution < -0.4 is 16.6 Å². The maximum Gasteiger partial charge on any atom is 0.259 e. The number of hydrazine groups is 1. The van der Waals surface area contributed by atoms with E-state index in [1.807, 2.05) is 0 Å². The van der Waals surface area contributed by atoms with Crippen LogP contribution in [0, 0.1) is 0 Å². The highest BCUT2D eigenvalue weighted by atomic mass is 79.9. The zero-order valence-electron chi connectivity index (χ0n) is 9.65. The van der Waals surface area contributed by atoms with Gasteiger partial charge in [-0.15, -0.1) is 0 Å². The predicted molar refractivity (Wildman–Crippen MR) is 79.2 cm³/mol. The first kappa shape index (κ1) is 13.8. The molecule has 1 heterocycles. The van der Waals surface area contributed by atoms with Crippen LogP contribution in [0.4, 0.5) is 11.5 Å². The molecule has 0 fully saturated rings. The molecule has 5 nitrogen and oxygen atoms in total. The number of amides is 1. The molecule has 0 aliphatic rings. The number of pyridine rings is 1. The molecule has 0 radical (unpaired) electrons. The van der Waals surface area contributed by atoms with Crippen molar-refractivity contribution in [3.8, 4) is 0 Å². The fourth-order valence-electron chi connectivity index (χ4n) is 1.46. The SMILES string of the molecule is NNc1ncc(Br)cc1C(=O)Nc1ccc(Cl)cc1. The normalized spacial score (nSPS) is 10.1. The average Bonchev–Trinajstić information content (AvgIpc) is 2.41. The van der Waals surface area contributed by atoms with Crippen LogP contribution in [0.5, 0.6) is 0 Å². The molecule has 0 aliphatic carbocycles. The molecule has 7 heteroatoms. The van der Waals surface area contributed by atoms with Crippen molar-refractivity contribution >= 4 is 44.9 Å². The van der Waals surface area contributed by atoms with Crippen molar-refractivity contribution in [2.75, 3.05) is 10.7 Å². The van der Waals surface area contributed by atoms with Crippen molar-refractivity contribution in [3.05, 3.63) is 51.6 Å². The van der Waals surface area contributed by atoms with E-state index in [1.54, 1.807) is 36.5 Å². The Morgan fingerprint density at radius 1 is 1.32 bits per heavy atom. The summed E-state index contributed by atoms with van der Waals surface area (Å²) in [6.07, 6.45) is 1.55. The summed E-state index contributed by atoms with van der Waals surface area (Å²) < 4.78 is 0.688. The van der Waals surface area contributed by atoms with Crippen LogP contribution >= 0.6 is 27.5 Å². The van der Waals surface area contributed by atoms with E-state index in [0.29, 0.717) is 26.6 Å². The van der Waals surface area contributed by atoms with Gasteiger partial charge in [0, 0.05) is 21.4 Å². The second kappa shape index (κ2) is 6.01. The molecule has 1 aromatic carbocycles. The van der Waals surface area contributed by atoms with E-state index in [0.717, 1.165) is 0 Å². The van der Waals surface area contributed by atoms with Crippen LogP contribution in [0.25, 0.3) is 0 Å². The number of anilines is 2. The predicted octanol–water partition coefficient (Wildman–Crippen LogP) is 3.04. The molecule has 0 atom stereocenters. The number of hydrogen-bond donors (Lipinski definition) is 3. The zero-order valence-corrected chi connectivity index (χ0v) is 12.0. The first-order valence-corrected chi connectivity index (χ1v) is 6.46. The first-order valence-electron chi connectivity index (χ1n) is 5.29. The van der Waals surface area contributed by atoms with Crippen molar-refractivity contribution in [2.24, 2.45) is 5.84 Å². The maximum atomic E-state index is 12.1. The number of halogens is 2. The highest BCUT2D eigenvalue weighted by Crippen LogP contribution is 2.20. The van der Waals surface area contributed by atoms with Gasteiger partial charge < -0.3 is 10.7 Å². The van der Waals surface area contributed by atoms with E-state index in [2.05, 4.69) is 31.7 Å². The van der Waals surface area contributed by atoms with Crippen LogP contribution in [-0.4, -0.2) is 10.9 Å². The molecule has 0 saturated carbocycles. The number of benzene rings is 1. The largest absolute Gasteiger partial charge is 0.322 e. The van der Waals surface area contributed by atoms with Crippen LogP contribution in [0.3, 0.4) is 0 Å². The number of carbonyl (C=O) groups is 1. The number of hydrogen-bond acceptors (Lipinski definition) is 4. The molecule has 1 amide bonds. The Bertz CT molecular complexity index is 603. The molecule has 2 aromatic rings. The lowest BCUT2D eigenvalue weighted by Gasteiger charge is -2.09. The van der Waals surface area contributed by atoms with Crippen LogP contribution in [0.2, 0.25) is 5.02 Å².